The minimum Gasteiger partial charge on any atom is -0.325 e. The molecule has 78 valence electrons. The van der Waals surface area contributed by atoms with E-state index in [1.54, 1.807) is 6.07 Å². The molecule has 0 radical (unpaired) electrons. The van der Waals surface area contributed by atoms with Crippen LogP contribution in [0, 0.1) is 0 Å². The highest BCUT2D eigenvalue weighted by molar-refractivity contribution is 6.35. The lowest BCUT2D eigenvalue weighted by atomic mass is 9.84. The Bertz CT molecular complexity index is 329. The van der Waals surface area contributed by atoms with Crippen LogP contribution >= 0.6 is 23.2 Å². The highest BCUT2D eigenvalue weighted by Crippen LogP contribution is 2.32. The smallest absolute Gasteiger partial charge is 0.0456 e. The van der Waals surface area contributed by atoms with Gasteiger partial charge in [-0.3, -0.25) is 0 Å². The molecule has 1 aromatic carbocycles. The summed E-state index contributed by atoms with van der Waals surface area (Å²) in [6, 6.07) is 5.52. The van der Waals surface area contributed by atoms with Gasteiger partial charge in [-0.05, 0) is 37.5 Å². The van der Waals surface area contributed by atoms with E-state index in [1.807, 2.05) is 26.0 Å². The first-order chi connectivity index (χ1) is 6.32. The minimum atomic E-state index is -0.280. The fraction of sp³-hybridized carbons (Fsp3) is 0.455. The van der Waals surface area contributed by atoms with E-state index in [0.717, 1.165) is 5.56 Å². The largest absolute Gasteiger partial charge is 0.325 e. The van der Waals surface area contributed by atoms with E-state index in [1.165, 1.54) is 0 Å². The number of hydrogen-bond donors (Lipinski definition) is 1. The number of halogens is 2. The Balaban J connectivity index is 3.08. The molecule has 1 nitrogen and oxygen atoms in total. The van der Waals surface area contributed by atoms with Gasteiger partial charge in [0.1, 0.15) is 0 Å². The van der Waals surface area contributed by atoms with Gasteiger partial charge in [-0.1, -0.05) is 36.2 Å². The summed E-state index contributed by atoms with van der Waals surface area (Å²) in [5, 5.41) is 1.34. The molecule has 14 heavy (non-hydrogen) atoms. The van der Waals surface area contributed by atoms with Gasteiger partial charge in [0.2, 0.25) is 0 Å². The van der Waals surface area contributed by atoms with E-state index in [4.69, 9.17) is 28.9 Å². The van der Waals surface area contributed by atoms with Gasteiger partial charge in [-0.15, -0.1) is 0 Å². The summed E-state index contributed by atoms with van der Waals surface area (Å²) in [4.78, 5) is 0. The molecule has 0 aromatic heterocycles. The fourth-order valence-corrected chi connectivity index (χ4v) is 1.83. The molecule has 0 saturated carbocycles. The molecule has 0 saturated heterocycles. The van der Waals surface area contributed by atoms with Crippen molar-refractivity contribution in [2.24, 2.45) is 5.73 Å². The van der Waals surface area contributed by atoms with Crippen molar-refractivity contribution < 1.29 is 0 Å². The van der Waals surface area contributed by atoms with Crippen molar-refractivity contribution in [1.82, 2.24) is 0 Å². The van der Waals surface area contributed by atoms with Crippen molar-refractivity contribution >= 4 is 23.2 Å². The summed E-state index contributed by atoms with van der Waals surface area (Å²) in [6.07, 6.45) is 0. The average molecular weight is 232 g/mol. The van der Waals surface area contributed by atoms with Crippen LogP contribution in [0.5, 0.6) is 0 Å². The van der Waals surface area contributed by atoms with E-state index in [2.05, 4.69) is 6.92 Å². The third-order valence-electron chi connectivity index (χ3n) is 2.55. The predicted octanol–water partition coefficient (Wildman–Crippen LogP) is 3.83. The first-order valence-corrected chi connectivity index (χ1v) is 5.32. The van der Waals surface area contributed by atoms with Crippen LogP contribution in [0.25, 0.3) is 0 Å². The van der Waals surface area contributed by atoms with Crippen LogP contribution in [0.1, 0.15) is 32.3 Å². The Hall–Kier alpha value is -0.240. The average Bonchev–Trinajstić information content (AvgIpc) is 2.01. The normalized spacial score (nSPS) is 14.1. The van der Waals surface area contributed by atoms with Crippen molar-refractivity contribution in [3.63, 3.8) is 0 Å². The van der Waals surface area contributed by atoms with Gasteiger partial charge >= 0.3 is 0 Å². The van der Waals surface area contributed by atoms with Crippen LogP contribution in [-0.4, -0.2) is 5.54 Å². The van der Waals surface area contributed by atoms with Gasteiger partial charge in [0.15, 0.2) is 0 Å². The molecule has 0 heterocycles. The summed E-state index contributed by atoms with van der Waals surface area (Å²) in [5.41, 5.74) is 6.79. The molecule has 0 aliphatic rings. The maximum absolute atomic E-state index is 6.09. The third-order valence-corrected chi connectivity index (χ3v) is 3.11. The lowest BCUT2D eigenvalue weighted by molar-refractivity contribution is 0.435. The van der Waals surface area contributed by atoms with Crippen molar-refractivity contribution in [3.8, 4) is 0 Å². The number of hydrogen-bond acceptors (Lipinski definition) is 1. The summed E-state index contributed by atoms with van der Waals surface area (Å²) >= 11 is 11.9. The van der Waals surface area contributed by atoms with Crippen LogP contribution in [0.4, 0.5) is 0 Å². The lowest BCUT2D eigenvalue weighted by Gasteiger charge is -2.28. The number of rotatable bonds is 2. The van der Waals surface area contributed by atoms with Gasteiger partial charge in [-0.25, -0.2) is 0 Å². The SMILES string of the molecule is CC(c1ccc(Cl)cc1Cl)C(C)(C)N. The number of benzene rings is 1. The third kappa shape index (κ3) is 2.63. The predicted molar refractivity (Wildman–Crippen MR) is 63.1 cm³/mol. The van der Waals surface area contributed by atoms with Crippen molar-refractivity contribution in [1.29, 1.82) is 0 Å². The molecule has 0 fully saturated rings. The molecule has 2 N–H and O–H groups in total. The second-order valence-corrected chi connectivity index (χ2v) is 5.05. The molecule has 0 aliphatic carbocycles. The Morgan fingerprint density at radius 1 is 1.29 bits per heavy atom. The van der Waals surface area contributed by atoms with Crippen LogP contribution in [0.15, 0.2) is 18.2 Å². The van der Waals surface area contributed by atoms with Crippen molar-refractivity contribution in [2.45, 2.75) is 32.2 Å². The molecular formula is C11H15Cl2N. The molecule has 1 rings (SSSR count). The summed E-state index contributed by atoms with van der Waals surface area (Å²) in [5.74, 6) is 0.201. The van der Waals surface area contributed by atoms with Crippen molar-refractivity contribution in [2.75, 3.05) is 0 Å². The van der Waals surface area contributed by atoms with Gasteiger partial charge in [-0.2, -0.15) is 0 Å². The lowest BCUT2D eigenvalue weighted by Crippen LogP contribution is -2.37. The zero-order valence-corrected chi connectivity index (χ0v) is 10.2. The topological polar surface area (TPSA) is 26.0 Å². The molecule has 3 heteroatoms. The maximum Gasteiger partial charge on any atom is 0.0456 e. The molecule has 1 unspecified atom stereocenters. The Kier molecular flexibility index (Phi) is 3.46. The summed E-state index contributed by atoms with van der Waals surface area (Å²) in [7, 11) is 0. The zero-order valence-electron chi connectivity index (χ0n) is 8.64. The van der Waals surface area contributed by atoms with Gasteiger partial charge in [0, 0.05) is 15.6 Å². The second-order valence-electron chi connectivity index (χ2n) is 4.21. The van der Waals surface area contributed by atoms with E-state index in [-0.39, 0.29) is 11.5 Å². The highest BCUT2D eigenvalue weighted by atomic mass is 35.5. The molecule has 1 atom stereocenters. The number of nitrogens with two attached hydrogens (primary N) is 1. The molecule has 0 bridgehead atoms. The van der Waals surface area contributed by atoms with Crippen LogP contribution in [0.2, 0.25) is 10.0 Å². The minimum absolute atomic E-state index is 0.201. The summed E-state index contributed by atoms with van der Waals surface area (Å²) < 4.78 is 0. The van der Waals surface area contributed by atoms with Gasteiger partial charge in [0.05, 0.1) is 0 Å². The Morgan fingerprint density at radius 2 is 1.86 bits per heavy atom. The van der Waals surface area contributed by atoms with Crippen molar-refractivity contribution in [3.05, 3.63) is 33.8 Å². The van der Waals surface area contributed by atoms with Gasteiger partial charge in [0.25, 0.3) is 0 Å². The van der Waals surface area contributed by atoms with Crippen LogP contribution < -0.4 is 5.73 Å². The fourth-order valence-electron chi connectivity index (χ4n) is 1.25. The first-order valence-electron chi connectivity index (χ1n) is 4.56. The van der Waals surface area contributed by atoms with Crippen LogP contribution in [0.3, 0.4) is 0 Å². The standard InChI is InChI=1S/C11H15Cl2N/c1-7(11(2,3)14)9-5-4-8(12)6-10(9)13/h4-7H,14H2,1-3H3. The molecule has 0 spiro atoms. The first kappa shape index (κ1) is 11.8. The van der Waals surface area contributed by atoms with E-state index >= 15 is 0 Å². The molecule has 0 aliphatic heterocycles. The molecule has 0 amide bonds. The highest BCUT2D eigenvalue weighted by Gasteiger charge is 2.23. The molecule has 1 aromatic rings. The maximum atomic E-state index is 6.09. The zero-order chi connectivity index (χ0) is 10.9. The van der Waals surface area contributed by atoms with E-state index in [9.17, 15) is 0 Å². The Labute approximate surface area is 95.2 Å². The monoisotopic (exact) mass is 231 g/mol. The molecular weight excluding hydrogens is 217 g/mol. The van der Waals surface area contributed by atoms with Gasteiger partial charge < -0.3 is 5.73 Å². The van der Waals surface area contributed by atoms with E-state index in [0.29, 0.717) is 10.0 Å². The van der Waals surface area contributed by atoms with Crippen LogP contribution in [-0.2, 0) is 0 Å². The summed E-state index contributed by atoms with van der Waals surface area (Å²) in [6.45, 7) is 6.04. The van der Waals surface area contributed by atoms with E-state index < -0.39 is 0 Å². The Morgan fingerprint density at radius 3 is 2.29 bits per heavy atom. The quantitative estimate of drug-likeness (QED) is 0.823. The second kappa shape index (κ2) is 4.09.